The highest BCUT2D eigenvalue weighted by atomic mass is 79.9. The monoisotopic (exact) mass is 410 g/mol. The fourth-order valence-electron chi connectivity index (χ4n) is 2.80. The minimum atomic E-state index is -0.000426. The van der Waals surface area contributed by atoms with Crippen LogP contribution in [0.5, 0.6) is 0 Å². The molecule has 1 fully saturated rings. The second-order valence-corrected chi connectivity index (χ2v) is 7.56. The van der Waals surface area contributed by atoms with Crippen molar-refractivity contribution in [1.29, 1.82) is 0 Å². The van der Waals surface area contributed by atoms with Gasteiger partial charge in [-0.3, -0.25) is 19.4 Å². The van der Waals surface area contributed by atoms with Crippen LogP contribution in [0.4, 0.5) is 5.69 Å². The molecular weight excluding hydrogens is 384 g/mol. The standard InChI is InChI=1S/C18H27BrN4O2/c1-14-11-15(5-6-16(14)19)20-17(24)12-22-7-4-8-23(10-9-22)13-18(25)21(2)3/h5-6,11H,4,7-10,12-13H2,1-3H3,(H,20,24). The summed E-state index contributed by atoms with van der Waals surface area (Å²) in [4.78, 5) is 30.1. The van der Waals surface area contributed by atoms with Crippen LogP contribution in [0, 0.1) is 6.92 Å². The molecule has 1 aliphatic heterocycles. The van der Waals surface area contributed by atoms with Gasteiger partial charge in [0.1, 0.15) is 0 Å². The molecular formula is C18H27BrN4O2. The number of amides is 2. The number of hydrogen-bond donors (Lipinski definition) is 1. The first-order valence-electron chi connectivity index (χ1n) is 8.56. The first-order valence-corrected chi connectivity index (χ1v) is 9.35. The van der Waals surface area contributed by atoms with Crippen molar-refractivity contribution in [3.63, 3.8) is 0 Å². The summed E-state index contributed by atoms with van der Waals surface area (Å²) in [5, 5.41) is 2.96. The number of nitrogens with one attached hydrogen (secondary N) is 1. The number of halogens is 1. The van der Waals surface area contributed by atoms with Gasteiger partial charge in [-0.2, -0.15) is 0 Å². The van der Waals surface area contributed by atoms with E-state index in [2.05, 4.69) is 31.0 Å². The van der Waals surface area contributed by atoms with Crippen LogP contribution in [-0.2, 0) is 9.59 Å². The number of anilines is 1. The Labute approximate surface area is 158 Å². The molecule has 138 valence electrons. The number of benzene rings is 1. The van der Waals surface area contributed by atoms with Crippen LogP contribution in [0.15, 0.2) is 22.7 Å². The quantitative estimate of drug-likeness (QED) is 0.803. The van der Waals surface area contributed by atoms with Crippen LogP contribution in [0.1, 0.15) is 12.0 Å². The smallest absolute Gasteiger partial charge is 0.238 e. The maximum Gasteiger partial charge on any atom is 0.238 e. The van der Waals surface area contributed by atoms with E-state index in [1.165, 1.54) is 0 Å². The SMILES string of the molecule is Cc1cc(NC(=O)CN2CCCN(CC(=O)N(C)C)CC2)ccc1Br. The maximum absolute atomic E-state index is 12.3. The molecule has 0 aromatic heterocycles. The lowest BCUT2D eigenvalue weighted by Gasteiger charge is -2.22. The molecule has 2 amide bonds. The first kappa shape index (κ1) is 19.9. The lowest BCUT2D eigenvalue weighted by molar-refractivity contribution is -0.129. The fraction of sp³-hybridized carbons (Fsp3) is 0.556. The van der Waals surface area contributed by atoms with E-state index in [-0.39, 0.29) is 11.8 Å². The summed E-state index contributed by atoms with van der Waals surface area (Å²) >= 11 is 3.46. The summed E-state index contributed by atoms with van der Waals surface area (Å²) in [5.41, 5.74) is 1.91. The molecule has 0 unspecified atom stereocenters. The topological polar surface area (TPSA) is 55.9 Å². The summed E-state index contributed by atoms with van der Waals surface area (Å²) in [6.07, 6.45) is 0.964. The lowest BCUT2D eigenvalue weighted by atomic mass is 10.2. The van der Waals surface area contributed by atoms with Gasteiger partial charge in [0.05, 0.1) is 13.1 Å². The molecule has 0 spiro atoms. The summed E-state index contributed by atoms with van der Waals surface area (Å²) < 4.78 is 1.03. The van der Waals surface area contributed by atoms with Crippen LogP contribution < -0.4 is 5.32 Å². The van der Waals surface area contributed by atoms with Gasteiger partial charge in [-0.25, -0.2) is 0 Å². The summed E-state index contributed by atoms with van der Waals surface area (Å²) in [5.74, 6) is 0.122. The summed E-state index contributed by atoms with van der Waals surface area (Å²) in [7, 11) is 3.56. The van der Waals surface area contributed by atoms with E-state index in [1.54, 1.807) is 19.0 Å². The molecule has 0 radical (unpaired) electrons. The Morgan fingerprint density at radius 2 is 1.76 bits per heavy atom. The highest BCUT2D eigenvalue weighted by molar-refractivity contribution is 9.10. The average molecular weight is 411 g/mol. The number of nitrogens with zero attached hydrogens (tertiary/aromatic N) is 3. The number of hydrogen-bond acceptors (Lipinski definition) is 4. The third kappa shape index (κ3) is 6.41. The molecule has 1 aliphatic rings. The minimum absolute atomic E-state index is 0.000426. The molecule has 1 aromatic rings. The first-order chi connectivity index (χ1) is 11.8. The Hall–Kier alpha value is -1.44. The van der Waals surface area contributed by atoms with Crippen molar-refractivity contribution in [2.45, 2.75) is 13.3 Å². The second kappa shape index (κ2) is 9.31. The molecule has 25 heavy (non-hydrogen) atoms. The van der Waals surface area contributed by atoms with Crippen molar-refractivity contribution in [1.82, 2.24) is 14.7 Å². The second-order valence-electron chi connectivity index (χ2n) is 6.71. The number of aryl methyl sites for hydroxylation is 1. The average Bonchev–Trinajstić information content (AvgIpc) is 2.76. The van der Waals surface area contributed by atoms with Gasteiger partial charge in [-0.1, -0.05) is 15.9 Å². The molecule has 1 saturated heterocycles. The van der Waals surface area contributed by atoms with Crippen LogP contribution in [0.25, 0.3) is 0 Å². The lowest BCUT2D eigenvalue weighted by Crippen LogP contribution is -2.39. The van der Waals surface area contributed by atoms with E-state index in [0.717, 1.165) is 48.3 Å². The normalized spacial score (nSPS) is 16.3. The molecule has 0 aliphatic carbocycles. The molecule has 0 saturated carbocycles. The van der Waals surface area contributed by atoms with Gasteiger partial charge < -0.3 is 10.2 Å². The zero-order chi connectivity index (χ0) is 18.4. The molecule has 0 bridgehead atoms. The zero-order valence-electron chi connectivity index (χ0n) is 15.2. The van der Waals surface area contributed by atoms with E-state index in [1.807, 2.05) is 25.1 Å². The predicted octanol–water partition coefficient (Wildman–Crippen LogP) is 1.79. The summed E-state index contributed by atoms with van der Waals surface area (Å²) in [6, 6.07) is 5.79. The van der Waals surface area contributed by atoms with Crippen LogP contribution >= 0.6 is 15.9 Å². The van der Waals surface area contributed by atoms with E-state index < -0.39 is 0 Å². The van der Waals surface area contributed by atoms with E-state index >= 15 is 0 Å². The van der Waals surface area contributed by atoms with Crippen LogP contribution in [-0.4, -0.2) is 79.9 Å². The number of likely N-dealkylation sites (N-methyl/N-ethyl adjacent to an activating group) is 1. The molecule has 1 aromatic carbocycles. The van der Waals surface area contributed by atoms with Crippen LogP contribution in [0.3, 0.4) is 0 Å². The Bertz CT molecular complexity index is 621. The van der Waals surface area contributed by atoms with Gasteiger partial charge in [0, 0.05) is 37.3 Å². The Balaban J connectivity index is 1.81. The van der Waals surface area contributed by atoms with Crippen molar-refractivity contribution < 1.29 is 9.59 Å². The molecule has 0 atom stereocenters. The van der Waals surface area contributed by atoms with Crippen molar-refractivity contribution in [2.24, 2.45) is 0 Å². The van der Waals surface area contributed by atoms with Gasteiger partial charge in [-0.05, 0) is 50.2 Å². The van der Waals surface area contributed by atoms with Gasteiger partial charge in [0.15, 0.2) is 0 Å². The summed E-state index contributed by atoms with van der Waals surface area (Å²) in [6.45, 7) is 6.20. The van der Waals surface area contributed by atoms with Crippen molar-refractivity contribution in [3.05, 3.63) is 28.2 Å². The zero-order valence-corrected chi connectivity index (χ0v) is 16.8. The number of carbonyl (C=O) groups excluding carboxylic acids is 2. The fourth-order valence-corrected chi connectivity index (χ4v) is 3.05. The van der Waals surface area contributed by atoms with Gasteiger partial charge in [0.2, 0.25) is 11.8 Å². The van der Waals surface area contributed by atoms with E-state index in [0.29, 0.717) is 13.1 Å². The van der Waals surface area contributed by atoms with Gasteiger partial charge in [-0.15, -0.1) is 0 Å². The minimum Gasteiger partial charge on any atom is -0.348 e. The van der Waals surface area contributed by atoms with E-state index in [9.17, 15) is 9.59 Å². The van der Waals surface area contributed by atoms with E-state index in [4.69, 9.17) is 0 Å². The Kier molecular flexibility index (Phi) is 7.40. The third-order valence-corrected chi connectivity index (χ3v) is 5.24. The molecule has 1 N–H and O–H groups in total. The third-order valence-electron chi connectivity index (χ3n) is 4.35. The van der Waals surface area contributed by atoms with Gasteiger partial charge in [0.25, 0.3) is 0 Å². The molecule has 6 nitrogen and oxygen atoms in total. The van der Waals surface area contributed by atoms with Crippen molar-refractivity contribution in [3.8, 4) is 0 Å². The van der Waals surface area contributed by atoms with Gasteiger partial charge >= 0.3 is 0 Å². The molecule has 7 heteroatoms. The molecule has 1 heterocycles. The van der Waals surface area contributed by atoms with Crippen molar-refractivity contribution in [2.75, 3.05) is 58.7 Å². The van der Waals surface area contributed by atoms with Crippen LogP contribution in [0.2, 0.25) is 0 Å². The van der Waals surface area contributed by atoms with Crippen molar-refractivity contribution >= 4 is 33.4 Å². The Morgan fingerprint density at radius 3 is 2.36 bits per heavy atom. The largest absolute Gasteiger partial charge is 0.348 e. The number of carbonyl (C=O) groups is 2. The highest BCUT2D eigenvalue weighted by Gasteiger charge is 2.19. The predicted molar refractivity (Wildman–Crippen MR) is 104 cm³/mol. The number of rotatable bonds is 5. The maximum atomic E-state index is 12.3. The molecule has 2 rings (SSSR count). The Morgan fingerprint density at radius 1 is 1.12 bits per heavy atom. The highest BCUT2D eigenvalue weighted by Crippen LogP contribution is 2.20.